The van der Waals surface area contributed by atoms with Gasteiger partial charge in [-0.05, 0) is 24.6 Å². The molecule has 19 heavy (non-hydrogen) atoms. The molecule has 1 aromatic heterocycles. The van der Waals surface area contributed by atoms with E-state index >= 15 is 0 Å². The van der Waals surface area contributed by atoms with E-state index in [2.05, 4.69) is 24.0 Å². The van der Waals surface area contributed by atoms with Crippen molar-refractivity contribution >= 4 is 22.2 Å². The third kappa shape index (κ3) is 3.12. The largest absolute Gasteiger partial charge is 0.391 e. The van der Waals surface area contributed by atoms with E-state index in [-0.39, 0.29) is 6.61 Å². The Morgan fingerprint density at radius 1 is 1.42 bits per heavy atom. The first kappa shape index (κ1) is 14.0. The van der Waals surface area contributed by atoms with Crippen molar-refractivity contribution in [2.45, 2.75) is 20.1 Å². The normalized spacial score (nSPS) is 10.7. The van der Waals surface area contributed by atoms with Gasteiger partial charge >= 0.3 is 0 Å². The lowest BCUT2D eigenvalue weighted by molar-refractivity contribution is 0.179. The summed E-state index contributed by atoms with van der Waals surface area (Å²) < 4.78 is 5.10. The summed E-state index contributed by atoms with van der Waals surface area (Å²) in [5.74, 6) is 0. The van der Waals surface area contributed by atoms with Crippen LogP contribution in [0.2, 0.25) is 0 Å². The third-order valence-corrected chi connectivity index (χ3v) is 4.03. The predicted molar refractivity (Wildman–Crippen MR) is 78.0 cm³/mol. The van der Waals surface area contributed by atoms with Gasteiger partial charge in [0.2, 0.25) is 0 Å². The molecule has 1 N–H and O–H groups in total. The lowest BCUT2D eigenvalue weighted by Gasteiger charge is -2.16. The topological polar surface area (TPSA) is 45.6 Å². The fourth-order valence-electron chi connectivity index (χ4n) is 1.83. The molecule has 1 aromatic carbocycles. The number of thiazole rings is 1. The van der Waals surface area contributed by atoms with Gasteiger partial charge in [0.25, 0.3) is 0 Å². The Hall–Kier alpha value is -1.43. The minimum Gasteiger partial charge on any atom is -0.391 e. The SMILES string of the molecule is COCc1nc(N(C)c2cccc(C)c2)sc1CO. The molecule has 0 unspecified atom stereocenters. The van der Waals surface area contributed by atoms with Gasteiger partial charge in [-0.3, -0.25) is 0 Å². The van der Waals surface area contributed by atoms with Gasteiger partial charge in [-0.1, -0.05) is 23.5 Å². The molecule has 0 radical (unpaired) electrons. The van der Waals surface area contributed by atoms with Crippen LogP contribution in [0.25, 0.3) is 0 Å². The van der Waals surface area contributed by atoms with Gasteiger partial charge in [-0.25, -0.2) is 4.98 Å². The zero-order valence-corrected chi connectivity index (χ0v) is 12.2. The number of nitrogens with zero attached hydrogens (tertiary/aromatic N) is 2. The molecular formula is C14H18N2O2S. The molecule has 0 aliphatic carbocycles. The summed E-state index contributed by atoms with van der Waals surface area (Å²) in [4.78, 5) is 7.42. The molecule has 0 amide bonds. The van der Waals surface area contributed by atoms with Crippen molar-refractivity contribution in [3.8, 4) is 0 Å². The highest BCUT2D eigenvalue weighted by Crippen LogP contribution is 2.31. The maximum atomic E-state index is 9.35. The number of aliphatic hydroxyl groups is 1. The second-order valence-electron chi connectivity index (χ2n) is 4.36. The summed E-state index contributed by atoms with van der Waals surface area (Å²) in [7, 11) is 3.61. The molecule has 4 nitrogen and oxygen atoms in total. The van der Waals surface area contributed by atoms with E-state index in [1.807, 2.05) is 24.1 Å². The van der Waals surface area contributed by atoms with Gasteiger partial charge in [0.15, 0.2) is 5.13 Å². The second-order valence-corrected chi connectivity index (χ2v) is 5.42. The molecule has 2 rings (SSSR count). The molecule has 1 heterocycles. The van der Waals surface area contributed by atoms with Crippen molar-refractivity contribution in [2.75, 3.05) is 19.1 Å². The summed E-state index contributed by atoms with van der Waals surface area (Å²) >= 11 is 1.49. The number of methoxy groups -OCH3 is 1. The first-order valence-corrected chi connectivity index (χ1v) is 6.86. The predicted octanol–water partition coefficient (Wildman–Crippen LogP) is 2.86. The number of hydrogen-bond donors (Lipinski definition) is 1. The van der Waals surface area contributed by atoms with Crippen LogP contribution in [0, 0.1) is 6.92 Å². The first-order valence-electron chi connectivity index (χ1n) is 6.04. The summed E-state index contributed by atoms with van der Waals surface area (Å²) in [5.41, 5.74) is 3.10. The van der Waals surface area contributed by atoms with Gasteiger partial charge in [-0.15, -0.1) is 0 Å². The zero-order valence-electron chi connectivity index (χ0n) is 11.4. The van der Waals surface area contributed by atoms with E-state index in [1.54, 1.807) is 7.11 Å². The smallest absolute Gasteiger partial charge is 0.190 e. The maximum absolute atomic E-state index is 9.35. The lowest BCUT2D eigenvalue weighted by Crippen LogP contribution is -2.09. The highest BCUT2D eigenvalue weighted by atomic mass is 32.1. The van der Waals surface area contributed by atoms with Crippen molar-refractivity contribution in [1.29, 1.82) is 0 Å². The lowest BCUT2D eigenvalue weighted by atomic mass is 10.2. The van der Waals surface area contributed by atoms with E-state index in [0.29, 0.717) is 6.61 Å². The number of aliphatic hydroxyl groups excluding tert-OH is 1. The molecule has 0 saturated heterocycles. The zero-order chi connectivity index (χ0) is 13.8. The minimum absolute atomic E-state index is 0.00197. The van der Waals surface area contributed by atoms with Crippen molar-refractivity contribution < 1.29 is 9.84 Å². The third-order valence-electron chi connectivity index (χ3n) is 2.87. The van der Waals surface area contributed by atoms with Crippen LogP contribution in [0.5, 0.6) is 0 Å². The van der Waals surface area contributed by atoms with Gasteiger partial charge in [-0.2, -0.15) is 0 Å². The molecule has 0 atom stereocenters. The van der Waals surface area contributed by atoms with Gasteiger partial charge in [0.05, 0.1) is 23.8 Å². The molecule has 0 aliphatic rings. The number of hydrogen-bond acceptors (Lipinski definition) is 5. The highest BCUT2D eigenvalue weighted by molar-refractivity contribution is 7.15. The Labute approximate surface area is 117 Å². The number of rotatable bonds is 5. The molecule has 102 valence electrons. The number of benzene rings is 1. The number of anilines is 2. The van der Waals surface area contributed by atoms with Gasteiger partial charge in [0, 0.05) is 19.8 Å². The van der Waals surface area contributed by atoms with Crippen LogP contribution >= 0.6 is 11.3 Å². The first-order chi connectivity index (χ1) is 9.15. The van der Waals surface area contributed by atoms with Crippen molar-refractivity contribution in [1.82, 2.24) is 4.98 Å². The van der Waals surface area contributed by atoms with Crippen LogP contribution < -0.4 is 4.90 Å². The average Bonchev–Trinajstić information content (AvgIpc) is 2.81. The summed E-state index contributed by atoms with van der Waals surface area (Å²) in [5, 5.41) is 10.2. The van der Waals surface area contributed by atoms with Crippen LogP contribution in [-0.4, -0.2) is 24.2 Å². The second kappa shape index (κ2) is 6.14. The van der Waals surface area contributed by atoms with Crippen molar-refractivity contribution in [3.63, 3.8) is 0 Å². The fraction of sp³-hybridized carbons (Fsp3) is 0.357. The van der Waals surface area contributed by atoms with Crippen molar-refractivity contribution in [2.24, 2.45) is 0 Å². The Bertz CT molecular complexity index is 554. The molecular weight excluding hydrogens is 260 g/mol. The molecule has 2 aromatic rings. The average molecular weight is 278 g/mol. The van der Waals surface area contributed by atoms with Crippen molar-refractivity contribution in [3.05, 3.63) is 40.4 Å². The van der Waals surface area contributed by atoms with E-state index < -0.39 is 0 Å². The van der Waals surface area contributed by atoms with E-state index in [0.717, 1.165) is 21.4 Å². The molecule has 5 heteroatoms. The standard InChI is InChI=1S/C14H18N2O2S/c1-10-5-4-6-11(7-10)16(2)14-15-12(9-18-3)13(8-17)19-14/h4-7,17H,8-9H2,1-3H3. The molecule has 0 saturated carbocycles. The summed E-state index contributed by atoms with van der Waals surface area (Å²) in [6.07, 6.45) is 0. The van der Waals surface area contributed by atoms with Crippen LogP contribution in [-0.2, 0) is 18.0 Å². The highest BCUT2D eigenvalue weighted by Gasteiger charge is 2.14. The van der Waals surface area contributed by atoms with Gasteiger partial charge in [0.1, 0.15) is 0 Å². The van der Waals surface area contributed by atoms with Crippen LogP contribution in [0.3, 0.4) is 0 Å². The Morgan fingerprint density at radius 3 is 2.84 bits per heavy atom. The molecule has 0 spiro atoms. The molecule has 0 aliphatic heterocycles. The Kier molecular flexibility index (Phi) is 4.52. The minimum atomic E-state index is -0.00197. The van der Waals surface area contributed by atoms with E-state index in [4.69, 9.17) is 4.74 Å². The maximum Gasteiger partial charge on any atom is 0.190 e. The quantitative estimate of drug-likeness (QED) is 0.913. The van der Waals surface area contributed by atoms with E-state index in [1.165, 1.54) is 16.9 Å². The number of ether oxygens (including phenoxy) is 1. The summed E-state index contributed by atoms with van der Waals surface area (Å²) in [6, 6.07) is 8.24. The van der Waals surface area contributed by atoms with Crippen LogP contribution in [0.15, 0.2) is 24.3 Å². The Morgan fingerprint density at radius 2 is 2.21 bits per heavy atom. The van der Waals surface area contributed by atoms with Crippen LogP contribution in [0.1, 0.15) is 16.1 Å². The number of aryl methyl sites for hydroxylation is 1. The Balaban J connectivity index is 2.30. The molecule has 0 fully saturated rings. The summed E-state index contributed by atoms with van der Waals surface area (Å²) in [6.45, 7) is 2.49. The van der Waals surface area contributed by atoms with Crippen LogP contribution in [0.4, 0.5) is 10.8 Å². The van der Waals surface area contributed by atoms with Gasteiger partial charge < -0.3 is 14.7 Å². The monoisotopic (exact) mass is 278 g/mol. The van der Waals surface area contributed by atoms with E-state index in [9.17, 15) is 5.11 Å². The fourth-order valence-corrected chi connectivity index (χ4v) is 2.74. The molecule has 0 bridgehead atoms. The number of aromatic nitrogens is 1.